The maximum absolute atomic E-state index is 14.3. The lowest BCUT2D eigenvalue weighted by Gasteiger charge is -2.26. The van der Waals surface area contributed by atoms with Crippen LogP contribution in [0.2, 0.25) is 0 Å². The monoisotopic (exact) mass is 417 g/mol. The number of hydrogen-bond donors (Lipinski definition) is 3. The van der Waals surface area contributed by atoms with E-state index in [2.05, 4.69) is 15.4 Å². The largest absolute Gasteiger partial charge is 0.394 e. The van der Waals surface area contributed by atoms with Gasteiger partial charge in [-0.05, 0) is 37.1 Å². The van der Waals surface area contributed by atoms with Crippen LogP contribution in [-0.4, -0.2) is 56.5 Å². The van der Waals surface area contributed by atoms with E-state index in [1.807, 2.05) is 4.90 Å². The first-order valence-corrected chi connectivity index (χ1v) is 9.61. The van der Waals surface area contributed by atoms with Crippen LogP contribution >= 0.6 is 0 Å². The van der Waals surface area contributed by atoms with E-state index in [1.54, 1.807) is 12.3 Å². The third-order valence-electron chi connectivity index (χ3n) is 5.17. The van der Waals surface area contributed by atoms with Gasteiger partial charge in [-0.3, -0.25) is 4.79 Å². The Labute approximate surface area is 170 Å². The van der Waals surface area contributed by atoms with E-state index < -0.39 is 30.3 Å². The summed E-state index contributed by atoms with van der Waals surface area (Å²) in [7, 11) is 0. The Kier molecular flexibility index (Phi) is 5.60. The van der Waals surface area contributed by atoms with E-state index in [9.17, 15) is 18.7 Å². The summed E-state index contributed by atoms with van der Waals surface area (Å²) in [6, 6.07) is 4.77. The van der Waals surface area contributed by atoms with Crippen LogP contribution in [0.25, 0.3) is 5.65 Å². The van der Waals surface area contributed by atoms with Crippen molar-refractivity contribution in [3.8, 4) is 0 Å². The molecule has 1 aliphatic rings. The van der Waals surface area contributed by atoms with E-state index in [1.165, 1.54) is 16.8 Å². The molecule has 1 aromatic carbocycles. The van der Waals surface area contributed by atoms with Gasteiger partial charge in [0.1, 0.15) is 23.0 Å². The molecule has 30 heavy (non-hydrogen) atoms. The molecule has 1 aliphatic heterocycles. The van der Waals surface area contributed by atoms with Crippen LogP contribution in [0, 0.1) is 11.6 Å². The van der Waals surface area contributed by atoms with Gasteiger partial charge in [0.25, 0.3) is 5.91 Å². The van der Waals surface area contributed by atoms with Gasteiger partial charge in [0.05, 0.1) is 24.9 Å². The summed E-state index contributed by atoms with van der Waals surface area (Å²) in [6.45, 7) is 0.0337. The Morgan fingerprint density at radius 2 is 2.17 bits per heavy atom. The first-order valence-electron chi connectivity index (χ1n) is 9.61. The summed E-state index contributed by atoms with van der Waals surface area (Å²) in [5.74, 6) is -0.933. The zero-order chi connectivity index (χ0) is 21.3. The Balaban J connectivity index is 1.64. The summed E-state index contributed by atoms with van der Waals surface area (Å²) in [5, 5.41) is 24.9. The predicted octanol–water partition coefficient (Wildman–Crippen LogP) is 1.43. The lowest BCUT2D eigenvalue weighted by molar-refractivity contribution is 0.0803. The van der Waals surface area contributed by atoms with Gasteiger partial charge in [-0.1, -0.05) is 0 Å². The van der Waals surface area contributed by atoms with Gasteiger partial charge in [-0.2, -0.15) is 5.10 Å². The van der Waals surface area contributed by atoms with Crippen molar-refractivity contribution in [1.29, 1.82) is 0 Å². The number of carbonyl (C=O) groups is 1. The molecule has 0 bridgehead atoms. The molecule has 2 aromatic heterocycles. The molecule has 1 saturated heterocycles. The second-order valence-corrected chi connectivity index (χ2v) is 7.18. The lowest BCUT2D eigenvalue weighted by atomic mass is 10.0. The standard InChI is InChI=1S/C20H21F2N5O3/c21-12-3-4-16(22)14(8-12)17-2-1-6-26(17)18-5-7-27-19(25-18)15(10-24-27)20(30)23-9-13(29)11-28/h3-5,7-8,10,13,17,28-29H,1-2,6,9,11H2,(H,23,30)/t13?,17-/m1/s1. The normalized spacial score (nSPS) is 17.5. The molecular weight excluding hydrogens is 396 g/mol. The van der Waals surface area contributed by atoms with E-state index in [-0.39, 0.29) is 23.7 Å². The molecule has 2 atom stereocenters. The highest BCUT2D eigenvalue weighted by Crippen LogP contribution is 2.36. The van der Waals surface area contributed by atoms with Crippen molar-refractivity contribution in [2.24, 2.45) is 0 Å². The van der Waals surface area contributed by atoms with Crippen molar-refractivity contribution in [2.45, 2.75) is 25.0 Å². The minimum atomic E-state index is -1.06. The van der Waals surface area contributed by atoms with E-state index in [0.29, 0.717) is 24.4 Å². The van der Waals surface area contributed by atoms with Gasteiger partial charge >= 0.3 is 0 Å². The number of benzene rings is 1. The molecule has 3 N–H and O–H groups in total. The fraction of sp³-hybridized carbons (Fsp3) is 0.350. The van der Waals surface area contributed by atoms with Crippen molar-refractivity contribution in [3.05, 3.63) is 59.4 Å². The molecule has 3 aromatic rings. The summed E-state index contributed by atoms with van der Waals surface area (Å²) in [4.78, 5) is 18.9. The van der Waals surface area contributed by atoms with Crippen LogP contribution in [0.5, 0.6) is 0 Å². The quantitative estimate of drug-likeness (QED) is 0.561. The maximum atomic E-state index is 14.3. The van der Waals surface area contributed by atoms with Crippen LogP contribution in [0.15, 0.2) is 36.7 Å². The molecule has 0 aliphatic carbocycles. The number of aliphatic hydroxyl groups is 2. The molecule has 8 nitrogen and oxygen atoms in total. The number of nitrogens with zero attached hydrogens (tertiary/aromatic N) is 4. The van der Waals surface area contributed by atoms with Crippen LogP contribution in [0.3, 0.4) is 0 Å². The Bertz CT molecular complexity index is 1070. The Hall–Kier alpha value is -3.11. The Morgan fingerprint density at radius 1 is 1.33 bits per heavy atom. The highest BCUT2D eigenvalue weighted by molar-refractivity contribution is 5.99. The summed E-state index contributed by atoms with van der Waals surface area (Å²) in [5.41, 5.74) is 0.780. The molecule has 1 unspecified atom stereocenters. The number of halogens is 2. The molecule has 0 saturated carbocycles. The van der Waals surface area contributed by atoms with Crippen molar-refractivity contribution in [2.75, 3.05) is 24.6 Å². The topological polar surface area (TPSA) is 103 Å². The fourth-order valence-corrected chi connectivity index (χ4v) is 3.68. The SMILES string of the molecule is O=C(NCC(O)CO)c1cnn2ccc(N3CCC[C@@H]3c3cc(F)ccc3F)nc12. The van der Waals surface area contributed by atoms with Gasteiger partial charge in [0.15, 0.2) is 5.65 Å². The van der Waals surface area contributed by atoms with Crippen LogP contribution in [0.4, 0.5) is 14.6 Å². The smallest absolute Gasteiger partial charge is 0.256 e. The number of rotatable bonds is 6. The first-order chi connectivity index (χ1) is 14.5. The average Bonchev–Trinajstić information content (AvgIpc) is 3.40. The average molecular weight is 417 g/mol. The van der Waals surface area contributed by atoms with Crippen molar-refractivity contribution >= 4 is 17.4 Å². The molecular formula is C20H21F2N5O3. The second-order valence-electron chi connectivity index (χ2n) is 7.18. The van der Waals surface area contributed by atoms with Crippen molar-refractivity contribution in [1.82, 2.24) is 19.9 Å². The molecule has 0 radical (unpaired) electrons. The van der Waals surface area contributed by atoms with Crippen molar-refractivity contribution in [3.63, 3.8) is 0 Å². The van der Waals surface area contributed by atoms with E-state index >= 15 is 0 Å². The van der Waals surface area contributed by atoms with Crippen molar-refractivity contribution < 1.29 is 23.8 Å². The zero-order valence-electron chi connectivity index (χ0n) is 16.0. The van der Waals surface area contributed by atoms with Crippen LogP contribution in [-0.2, 0) is 0 Å². The molecule has 1 fully saturated rings. The fourth-order valence-electron chi connectivity index (χ4n) is 3.68. The zero-order valence-corrected chi connectivity index (χ0v) is 16.0. The van der Waals surface area contributed by atoms with Gasteiger partial charge in [-0.25, -0.2) is 18.3 Å². The number of fused-ring (bicyclic) bond motifs is 1. The van der Waals surface area contributed by atoms with Gasteiger partial charge in [-0.15, -0.1) is 0 Å². The highest BCUT2D eigenvalue weighted by Gasteiger charge is 2.30. The third-order valence-corrected chi connectivity index (χ3v) is 5.17. The molecule has 10 heteroatoms. The van der Waals surface area contributed by atoms with Gasteiger partial charge in [0, 0.05) is 24.8 Å². The predicted molar refractivity (Wildman–Crippen MR) is 104 cm³/mol. The second kappa shape index (κ2) is 8.33. The van der Waals surface area contributed by atoms with E-state index in [4.69, 9.17) is 5.11 Å². The van der Waals surface area contributed by atoms with E-state index in [0.717, 1.165) is 18.6 Å². The molecule has 0 spiro atoms. The minimum Gasteiger partial charge on any atom is -0.394 e. The first kappa shape index (κ1) is 20.2. The highest BCUT2D eigenvalue weighted by atomic mass is 19.1. The summed E-state index contributed by atoms with van der Waals surface area (Å²) >= 11 is 0. The number of aliphatic hydroxyl groups excluding tert-OH is 2. The van der Waals surface area contributed by atoms with Crippen LogP contribution < -0.4 is 10.2 Å². The van der Waals surface area contributed by atoms with Crippen LogP contribution in [0.1, 0.15) is 34.8 Å². The molecule has 158 valence electrons. The minimum absolute atomic E-state index is 0.112. The lowest BCUT2D eigenvalue weighted by Crippen LogP contribution is -2.33. The number of carbonyl (C=O) groups excluding carboxylic acids is 1. The third kappa shape index (κ3) is 3.83. The number of aromatic nitrogens is 3. The summed E-state index contributed by atoms with van der Waals surface area (Å²) in [6.07, 6.45) is 3.39. The maximum Gasteiger partial charge on any atom is 0.256 e. The van der Waals surface area contributed by atoms with Gasteiger partial charge in [0.2, 0.25) is 0 Å². The molecule has 4 rings (SSSR count). The molecule has 1 amide bonds. The number of anilines is 1. The Morgan fingerprint density at radius 3 is 2.97 bits per heavy atom. The van der Waals surface area contributed by atoms with Gasteiger partial charge < -0.3 is 20.4 Å². The number of nitrogens with one attached hydrogen (secondary N) is 1. The number of amides is 1. The summed E-state index contributed by atoms with van der Waals surface area (Å²) < 4.78 is 29.5. The number of hydrogen-bond acceptors (Lipinski definition) is 6. The molecule has 3 heterocycles.